The van der Waals surface area contributed by atoms with Crippen molar-refractivity contribution in [1.82, 2.24) is 5.32 Å². The minimum Gasteiger partial charge on any atom is -0.497 e. The summed E-state index contributed by atoms with van der Waals surface area (Å²) < 4.78 is 5.12. The van der Waals surface area contributed by atoms with Gasteiger partial charge in [-0.3, -0.25) is 14.5 Å². The molecule has 1 saturated heterocycles. The number of carbonyl (C=O) groups is 2. The molecule has 21 heavy (non-hydrogen) atoms. The molecule has 2 rings (SSSR count). The second kappa shape index (κ2) is 6.61. The van der Waals surface area contributed by atoms with Gasteiger partial charge >= 0.3 is 0 Å². The van der Waals surface area contributed by atoms with Gasteiger partial charge < -0.3 is 10.1 Å². The third-order valence-corrected chi connectivity index (χ3v) is 3.55. The van der Waals surface area contributed by atoms with Gasteiger partial charge in [0.05, 0.1) is 7.11 Å². The average molecular weight is 290 g/mol. The Balaban J connectivity index is 2.14. The molecule has 5 nitrogen and oxygen atoms in total. The highest BCUT2D eigenvalue weighted by molar-refractivity contribution is 6.03. The fourth-order valence-corrected chi connectivity index (χ4v) is 2.42. The first-order valence-corrected chi connectivity index (χ1v) is 7.26. The van der Waals surface area contributed by atoms with Gasteiger partial charge in [0, 0.05) is 18.7 Å². The summed E-state index contributed by atoms with van der Waals surface area (Å²) in [5.41, 5.74) is 0.739. The summed E-state index contributed by atoms with van der Waals surface area (Å²) in [6, 6.07) is 6.80. The maximum atomic E-state index is 12.3. The first kappa shape index (κ1) is 15.4. The first-order chi connectivity index (χ1) is 10.0. The van der Waals surface area contributed by atoms with E-state index in [0.29, 0.717) is 25.3 Å². The minimum absolute atomic E-state index is 0.00939. The Morgan fingerprint density at radius 3 is 2.62 bits per heavy atom. The Labute approximate surface area is 125 Å². The molecular formula is C16H22N2O3. The quantitative estimate of drug-likeness (QED) is 0.902. The molecule has 1 N–H and O–H groups in total. The van der Waals surface area contributed by atoms with Crippen LogP contribution in [0.25, 0.3) is 0 Å². The zero-order valence-electron chi connectivity index (χ0n) is 12.8. The van der Waals surface area contributed by atoms with Gasteiger partial charge in [0.2, 0.25) is 11.8 Å². The molecular weight excluding hydrogens is 268 g/mol. The van der Waals surface area contributed by atoms with Crippen molar-refractivity contribution in [3.63, 3.8) is 0 Å². The number of rotatable bonds is 5. The number of amides is 2. The van der Waals surface area contributed by atoms with Gasteiger partial charge in [-0.1, -0.05) is 13.8 Å². The molecule has 1 atom stereocenters. The summed E-state index contributed by atoms with van der Waals surface area (Å²) in [4.78, 5) is 26.0. The maximum absolute atomic E-state index is 12.3. The molecule has 114 valence electrons. The number of nitrogens with one attached hydrogen (secondary N) is 1. The Bertz CT molecular complexity index is 511. The molecule has 2 amide bonds. The zero-order valence-corrected chi connectivity index (χ0v) is 12.8. The van der Waals surface area contributed by atoms with Crippen molar-refractivity contribution in [2.24, 2.45) is 5.92 Å². The van der Waals surface area contributed by atoms with Crippen molar-refractivity contribution in [2.45, 2.75) is 32.7 Å². The van der Waals surface area contributed by atoms with Crippen LogP contribution in [-0.4, -0.2) is 31.5 Å². The van der Waals surface area contributed by atoms with Crippen LogP contribution in [0.3, 0.4) is 0 Å². The van der Waals surface area contributed by atoms with Crippen LogP contribution in [0.5, 0.6) is 5.75 Å². The van der Waals surface area contributed by atoms with Gasteiger partial charge in [0.15, 0.2) is 0 Å². The molecule has 1 aliphatic rings. The molecule has 1 aromatic carbocycles. The lowest BCUT2D eigenvalue weighted by atomic mass is 10.1. The third-order valence-electron chi connectivity index (χ3n) is 3.55. The molecule has 0 spiro atoms. The van der Waals surface area contributed by atoms with Gasteiger partial charge in [-0.05, 0) is 36.6 Å². The molecule has 1 fully saturated rings. The smallest absolute Gasteiger partial charge is 0.243 e. The number of hydrogen-bond acceptors (Lipinski definition) is 3. The molecule has 0 aliphatic carbocycles. The van der Waals surface area contributed by atoms with E-state index in [1.807, 2.05) is 26.0 Å². The van der Waals surface area contributed by atoms with Crippen LogP contribution < -0.4 is 15.0 Å². The summed E-state index contributed by atoms with van der Waals surface area (Å²) >= 11 is 0. The van der Waals surface area contributed by atoms with E-state index < -0.39 is 6.04 Å². The molecule has 1 aromatic rings. The number of ether oxygens (including phenoxy) is 1. The van der Waals surface area contributed by atoms with Gasteiger partial charge in [0.1, 0.15) is 11.8 Å². The second-order valence-corrected chi connectivity index (χ2v) is 5.66. The Morgan fingerprint density at radius 2 is 2.05 bits per heavy atom. The van der Waals surface area contributed by atoms with Crippen LogP contribution >= 0.6 is 0 Å². The number of carbonyl (C=O) groups excluding carboxylic acids is 2. The van der Waals surface area contributed by atoms with Gasteiger partial charge in [0.25, 0.3) is 0 Å². The highest BCUT2D eigenvalue weighted by Gasteiger charge is 2.36. The number of hydrogen-bond donors (Lipinski definition) is 1. The van der Waals surface area contributed by atoms with Crippen molar-refractivity contribution < 1.29 is 14.3 Å². The normalized spacial score (nSPS) is 18.2. The molecule has 0 radical (unpaired) electrons. The third kappa shape index (κ3) is 3.54. The summed E-state index contributed by atoms with van der Waals surface area (Å²) in [6.45, 7) is 4.71. The number of nitrogens with zero attached hydrogens (tertiary/aromatic N) is 1. The predicted octanol–water partition coefficient (Wildman–Crippen LogP) is 1.96. The fourth-order valence-electron chi connectivity index (χ4n) is 2.42. The van der Waals surface area contributed by atoms with E-state index in [1.54, 1.807) is 24.1 Å². The highest BCUT2D eigenvalue weighted by atomic mass is 16.5. The number of anilines is 1. The number of methoxy groups -OCH3 is 1. The van der Waals surface area contributed by atoms with Crippen molar-refractivity contribution in [3.05, 3.63) is 24.3 Å². The summed E-state index contributed by atoms with van der Waals surface area (Å²) in [5.74, 6) is 1.03. The summed E-state index contributed by atoms with van der Waals surface area (Å²) in [6.07, 6.45) is 0.973. The second-order valence-electron chi connectivity index (χ2n) is 5.66. The number of benzene rings is 1. The lowest BCUT2D eigenvalue weighted by Gasteiger charge is -2.24. The molecule has 1 unspecified atom stereocenters. The van der Waals surface area contributed by atoms with Crippen LogP contribution in [-0.2, 0) is 9.59 Å². The van der Waals surface area contributed by atoms with E-state index in [1.165, 1.54) is 0 Å². The van der Waals surface area contributed by atoms with Crippen LogP contribution in [0.4, 0.5) is 5.69 Å². The molecule has 1 heterocycles. The van der Waals surface area contributed by atoms with Crippen LogP contribution in [0.2, 0.25) is 0 Å². The fraction of sp³-hybridized carbons (Fsp3) is 0.500. The molecule has 1 aliphatic heterocycles. The maximum Gasteiger partial charge on any atom is 0.243 e. The molecule has 0 aromatic heterocycles. The van der Waals surface area contributed by atoms with E-state index in [-0.39, 0.29) is 11.8 Å². The largest absolute Gasteiger partial charge is 0.497 e. The standard InChI is InChI=1S/C16H22N2O3/c1-11(2)10-17-16(20)14-8-9-15(19)18(14)12-4-6-13(21-3)7-5-12/h4-7,11,14H,8-10H2,1-3H3,(H,17,20). The average Bonchev–Trinajstić information content (AvgIpc) is 2.86. The molecule has 5 heteroatoms. The lowest BCUT2D eigenvalue weighted by Crippen LogP contribution is -2.45. The van der Waals surface area contributed by atoms with E-state index >= 15 is 0 Å². The highest BCUT2D eigenvalue weighted by Crippen LogP contribution is 2.28. The van der Waals surface area contributed by atoms with Crippen LogP contribution in [0.15, 0.2) is 24.3 Å². The summed E-state index contributed by atoms with van der Waals surface area (Å²) in [7, 11) is 1.60. The van der Waals surface area contributed by atoms with E-state index in [4.69, 9.17) is 4.74 Å². The van der Waals surface area contributed by atoms with Crippen molar-refractivity contribution >= 4 is 17.5 Å². The monoisotopic (exact) mass is 290 g/mol. The summed E-state index contributed by atoms with van der Waals surface area (Å²) in [5, 5.41) is 2.91. The van der Waals surface area contributed by atoms with Gasteiger partial charge in [-0.25, -0.2) is 0 Å². The van der Waals surface area contributed by atoms with Crippen molar-refractivity contribution in [1.29, 1.82) is 0 Å². The Morgan fingerprint density at radius 1 is 1.38 bits per heavy atom. The Hall–Kier alpha value is -2.04. The van der Waals surface area contributed by atoms with Crippen molar-refractivity contribution in [2.75, 3.05) is 18.6 Å². The van der Waals surface area contributed by atoms with E-state index in [9.17, 15) is 9.59 Å². The van der Waals surface area contributed by atoms with Crippen molar-refractivity contribution in [3.8, 4) is 5.75 Å². The van der Waals surface area contributed by atoms with E-state index in [0.717, 1.165) is 11.4 Å². The predicted molar refractivity (Wildman–Crippen MR) is 81.3 cm³/mol. The van der Waals surface area contributed by atoms with Crippen LogP contribution in [0.1, 0.15) is 26.7 Å². The first-order valence-electron chi connectivity index (χ1n) is 7.26. The topological polar surface area (TPSA) is 58.6 Å². The van der Waals surface area contributed by atoms with Crippen LogP contribution in [0, 0.1) is 5.92 Å². The Kier molecular flexibility index (Phi) is 4.83. The zero-order chi connectivity index (χ0) is 15.4. The molecule has 0 bridgehead atoms. The molecule has 0 saturated carbocycles. The van der Waals surface area contributed by atoms with Gasteiger partial charge in [-0.15, -0.1) is 0 Å². The van der Waals surface area contributed by atoms with E-state index in [2.05, 4.69) is 5.32 Å². The lowest BCUT2D eigenvalue weighted by molar-refractivity contribution is -0.124. The SMILES string of the molecule is COc1ccc(N2C(=O)CCC2C(=O)NCC(C)C)cc1. The van der Waals surface area contributed by atoms with Gasteiger partial charge in [-0.2, -0.15) is 0 Å². The minimum atomic E-state index is -0.412.